The van der Waals surface area contributed by atoms with Gasteiger partial charge in [-0.2, -0.15) is 0 Å². The summed E-state index contributed by atoms with van der Waals surface area (Å²) >= 11 is 0. The summed E-state index contributed by atoms with van der Waals surface area (Å²) in [6.07, 6.45) is 0.595. The average Bonchev–Trinajstić information content (AvgIpc) is 2.88. The van der Waals surface area contributed by atoms with Crippen LogP contribution in [0.25, 0.3) is 0 Å². The van der Waals surface area contributed by atoms with E-state index in [0.717, 1.165) is 18.5 Å². The van der Waals surface area contributed by atoms with Gasteiger partial charge in [-0.15, -0.1) is 0 Å². The largest absolute Gasteiger partial charge is 0.508 e. The molecule has 2 aromatic carbocycles. The standard InChI is InChI=1S/C27H29NO8/c1-33-23-10-16-7-8-28(14-18(16)11-24(23)34-2)15-20-12-22(30)26(32)27(36-20)21(13-25(31)35-3)17-5-4-6-19(29)9-17/h4-6,9-12,21,29,32H,7-8,13-15H2,1-3H3. The number of rotatable bonds is 8. The topological polar surface area (TPSA) is 119 Å². The molecule has 4 rings (SSSR count). The van der Waals surface area contributed by atoms with Gasteiger partial charge in [-0.3, -0.25) is 14.5 Å². The molecule has 0 saturated carbocycles. The number of fused-ring (bicyclic) bond motifs is 1. The maximum atomic E-state index is 12.7. The summed E-state index contributed by atoms with van der Waals surface area (Å²) in [5.41, 5.74) is 2.15. The highest BCUT2D eigenvalue weighted by Crippen LogP contribution is 2.36. The fourth-order valence-electron chi connectivity index (χ4n) is 4.52. The van der Waals surface area contributed by atoms with Gasteiger partial charge < -0.3 is 28.8 Å². The Kier molecular flexibility index (Phi) is 7.49. The van der Waals surface area contributed by atoms with Gasteiger partial charge in [-0.05, 0) is 47.4 Å². The molecule has 0 aliphatic carbocycles. The molecular weight excluding hydrogens is 466 g/mol. The van der Waals surface area contributed by atoms with Gasteiger partial charge in [0.1, 0.15) is 11.5 Å². The molecule has 0 saturated heterocycles. The van der Waals surface area contributed by atoms with Crippen LogP contribution in [0.2, 0.25) is 0 Å². The molecule has 0 bridgehead atoms. The Hall–Kier alpha value is -3.98. The van der Waals surface area contributed by atoms with Gasteiger partial charge in [-0.25, -0.2) is 0 Å². The monoisotopic (exact) mass is 495 g/mol. The maximum Gasteiger partial charge on any atom is 0.306 e. The van der Waals surface area contributed by atoms with Crippen LogP contribution in [0.3, 0.4) is 0 Å². The quantitative estimate of drug-likeness (QED) is 0.454. The lowest BCUT2D eigenvalue weighted by Crippen LogP contribution is -2.30. The summed E-state index contributed by atoms with van der Waals surface area (Å²) < 4.78 is 21.7. The summed E-state index contributed by atoms with van der Waals surface area (Å²) in [5.74, 6) is -0.320. The number of carbonyl (C=O) groups is 1. The Morgan fingerprint density at radius 2 is 1.78 bits per heavy atom. The summed E-state index contributed by atoms with van der Waals surface area (Å²) in [5, 5.41) is 20.5. The van der Waals surface area contributed by atoms with Crippen molar-refractivity contribution in [2.45, 2.75) is 31.8 Å². The molecule has 1 unspecified atom stereocenters. The van der Waals surface area contributed by atoms with Crippen LogP contribution in [0, 0.1) is 0 Å². The van der Waals surface area contributed by atoms with E-state index in [1.165, 1.54) is 30.9 Å². The molecule has 1 atom stereocenters. The molecule has 1 aliphatic rings. The first-order valence-electron chi connectivity index (χ1n) is 11.5. The number of hydrogen-bond donors (Lipinski definition) is 2. The van der Waals surface area contributed by atoms with E-state index in [2.05, 4.69) is 4.90 Å². The van der Waals surface area contributed by atoms with Crippen molar-refractivity contribution in [2.24, 2.45) is 0 Å². The second kappa shape index (κ2) is 10.7. The highest BCUT2D eigenvalue weighted by Gasteiger charge is 2.28. The molecule has 0 radical (unpaired) electrons. The number of phenolic OH excluding ortho intramolecular Hbond substituents is 1. The lowest BCUT2D eigenvalue weighted by Gasteiger charge is -2.29. The van der Waals surface area contributed by atoms with Crippen molar-refractivity contribution in [3.05, 3.63) is 80.9 Å². The van der Waals surface area contributed by atoms with Crippen molar-refractivity contribution in [1.29, 1.82) is 0 Å². The van der Waals surface area contributed by atoms with E-state index in [1.807, 2.05) is 12.1 Å². The summed E-state index contributed by atoms with van der Waals surface area (Å²) in [6, 6.07) is 11.4. The Morgan fingerprint density at radius 3 is 2.44 bits per heavy atom. The van der Waals surface area contributed by atoms with Crippen LogP contribution >= 0.6 is 0 Å². The van der Waals surface area contributed by atoms with Gasteiger partial charge in [0.25, 0.3) is 0 Å². The Balaban J connectivity index is 1.65. The maximum absolute atomic E-state index is 12.7. The molecule has 9 nitrogen and oxygen atoms in total. The zero-order chi connectivity index (χ0) is 25.8. The number of esters is 1. The molecule has 0 amide bonds. The van der Waals surface area contributed by atoms with Crippen molar-refractivity contribution in [2.75, 3.05) is 27.9 Å². The van der Waals surface area contributed by atoms with E-state index in [9.17, 15) is 19.8 Å². The number of methoxy groups -OCH3 is 3. The van der Waals surface area contributed by atoms with Crippen molar-refractivity contribution in [3.8, 4) is 23.0 Å². The van der Waals surface area contributed by atoms with E-state index in [1.54, 1.807) is 26.4 Å². The zero-order valence-corrected chi connectivity index (χ0v) is 20.4. The predicted octanol–water partition coefficient (Wildman–Crippen LogP) is 3.32. The van der Waals surface area contributed by atoms with Gasteiger partial charge in [-0.1, -0.05) is 12.1 Å². The minimum absolute atomic E-state index is 0.0144. The Bertz CT molecular complexity index is 1320. The molecule has 190 valence electrons. The van der Waals surface area contributed by atoms with E-state index in [-0.39, 0.29) is 17.9 Å². The van der Waals surface area contributed by atoms with Crippen LogP contribution in [0.1, 0.15) is 40.5 Å². The first-order valence-corrected chi connectivity index (χ1v) is 11.5. The third-order valence-corrected chi connectivity index (χ3v) is 6.36. The molecule has 2 N–H and O–H groups in total. The minimum atomic E-state index is -0.823. The van der Waals surface area contributed by atoms with E-state index < -0.39 is 23.1 Å². The lowest BCUT2D eigenvalue weighted by molar-refractivity contribution is -0.140. The molecule has 3 aromatic rings. The predicted molar refractivity (Wildman–Crippen MR) is 131 cm³/mol. The highest BCUT2D eigenvalue weighted by molar-refractivity contribution is 5.71. The number of ether oxygens (including phenoxy) is 3. The molecule has 36 heavy (non-hydrogen) atoms. The summed E-state index contributed by atoms with van der Waals surface area (Å²) in [4.78, 5) is 27.0. The van der Waals surface area contributed by atoms with Crippen LogP contribution in [0.4, 0.5) is 0 Å². The fourth-order valence-corrected chi connectivity index (χ4v) is 4.52. The average molecular weight is 496 g/mol. The van der Waals surface area contributed by atoms with Crippen molar-refractivity contribution in [1.82, 2.24) is 4.90 Å². The number of benzene rings is 2. The van der Waals surface area contributed by atoms with E-state index >= 15 is 0 Å². The number of aromatic hydroxyl groups is 2. The second-order valence-corrected chi connectivity index (χ2v) is 8.65. The number of nitrogens with zero attached hydrogens (tertiary/aromatic N) is 1. The first kappa shape index (κ1) is 25.1. The SMILES string of the molecule is COC(=O)CC(c1cccc(O)c1)c1oc(CN2CCc3cc(OC)c(OC)cc3C2)cc(=O)c1O. The van der Waals surface area contributed by atoms with Crippen molar-refractivity contribution < 1.29 is 33.6 Å². The molecule has 0 fully saturated rings. The fraction of sp³-hybridized carbons (Fsp3) is 0.333. The van der Waals surface area contributed by atoms with Gasteiger partial charge >= 0.3 is 5.97 Å². The zero-order valence-electron chi connectivity index (χ0n) is 20.4. The van der Waals surface area contributed by atoms with Gasteiger partial charge in [0.2, 0.25) is 11.2 Å². The van der Waals surface area contributed by atoms with Gasteiger partial charge in [0.15, 0.2) is 17.3 Å². The first-order chi connectivity index (χ1) is 17.3. The lowest BCUT2D eigenvalue weighted by atomic mass is 9.92. The molecule has 1 aromatic heterocycles. The Labute approximate surface area is 208 Å². The minimum Gasteiger partial charge on any atom is -0.508 e. The molecule has 9 heteroatoms. The molecular formula is C27H29NO8. The van der Waals surface area contributed by atoms with Crippen molar-refractivity contribution in [3.63, 3.8) is 0 Å². The smallest absolute Gasteiger partial charge is 0.306 e. The van der Waals surface area contributed by atoms with E-state index in [0.29, 0.717) is 35.9 Å². The number of hydrogen-bond acceptors (Lipinski definition) is 9. The van der Waals surface area contributed by atoms with Crippen LogP contribution in [0.15, 0.2) is 51.7 Å². The summed E-state index contributed by atoms with van der Waals surface area (Å²) in [7, 11) is 4.45. The van der Waals surface area contributed by atoms with Gasteiger partial charge in [0, 0.05) is 19.2 Å². The number of phenols is 1. The molecule has 0 spiro atoms. The van der Waals surface area contributed by atoms with Gasteiger partial charge in [0.05, 0.1) is 40.2 Å². The third-order valence-electron chi connectivity index (χ3n) is 6.36. The summed E-state index contributed by atoms with van der Waals surface area (Å²) in [6.45, 7) is 1.65. The van der Waals surface area contributed by atoms with Crippen LogP contribution in [-0.4, -0.2) is 49.0 Å². The molecule has 1 aliphatic heterocycles. The second-order valence-electron chi connectivity index (χ2n) is 8.65. The van der Waals surface area contributed by atoms with Crippen molar-refractivity contribution >= 4 is 5.97 Å². The molecule has 2 heterocycles. The number of carbonyl (C=O) groups excluding carboxylic acids is 1. The normalized spacial score (nSPS) is 14.1. The van der Waals surface area contributed by atoms with Crippen LogP contribution in [-0.2, 0) is 29.0 Å². The third kappa shape index (κ3) is 5.31. The highest BCUT2D eigenvalue weighted by atomic mass is 16.5. The van der Waals surface area contributed by atoms with E-state index in [4.69, 9.17) is 18.6 Å². The van der Waals surface area contributed by atoms with Crippen LogP contribution < -0.4 is 14.9 Å². The van der Waals surface area contributed by atoms with Crippen LogP contribution in [0.5, 0.6) is 23.0 Å². The Morgan fingerprint density at radius 1 is 1.06 bits per heavy atom.